The lowest BCUT2D eigenvalue weighted by molar-refractivity contribution is -0.129. The van der Waals surface area contributed by atoms with Gasteiger partial charge in [-0.25, -0.2) is 0 Å². The number of amides is 1. The summed E-state index contributed by atoms with van der Waals surface area (Å²) in [7, 11) is 0. The molecule has 1 heterocycles. The van der Waals surface area contributed by atoms with Crippen LogP contribution in [-0.4, -0.2) is 40.6 Å². The highest BCUT2D eigenvalue weighted by atomic mass is 16.3. The minimum absolute atomic E-state index is 0.0539. The third-order valence-electron chi connectivity index (χ3n) is 5.86. The van der Waals surface area contributed by atoms with Crippen molar-refractivity contribution in [2.75, 3.05) is 13.1 Å². The summed E-state index contributed by atoms with van der Waals surface area (Å²) in [6.45, 7) is 3.85. The lowest BCUT2D eigenvalue weighted by atomic mass is 9.79. The van der Waals surface area contributed by atoms with Gasteiger partial charge in [0.2, 0.25) is 5.91 Å². The Morgan fingerprint density at radius 2 is 1.96 bits per heavy atom. The molecule has 0 spiro atoms. The van der Waals surface area contributed by atoms with E-state index in [0.717, 1.165) is 31.8 Å². The van der Waals surface area contributed by atoms with E-state index >= 15 is 0 Å². The van der Waals surface area contributed by atoms with Crippen LogP contribution in [0.2, 0.25) is 0 Å². The topological polar surface area (TPSA) is 52.6 Å². The Kier molecular flexibility index (Phi) is 4.13. The van der Waals surface area contributed by atoms with Crippen LogP contribution in [0.5, 0.6) is 0 Å². The second-order valence-electron chi connectivity index (χ2n) is 8.16. The molecule has 2 aliphatic carbocycles. The zero-order chi connectivity index (χ0) is 16.7. The molecule has 3 atom stereocenters. The van der Waals surface area contributed by atoms with E-state index in [9.17, 15) is 9.90 Å². The number of hydrogen-bond acceptors (Lipinski definition) is 3. The number of nitrogens with zero attached hydrogens (tertiary/aromatic N) is 1. The fraction of sp³-hybridized carbons (Fsp3) is 0.650. The molecule has 4 rings (SSSR count). The molecule has 1 amide bonds. The first-order chi connectivity index (χ1) is 11.5. The van der Waals surface area contributed by atoms with Gasteiger partial charge in [-0.05, 0) is 50.5 Å². The highest BCUT2D eigenvalue weighted by Crippen LogP contribution is 2.41. The Labute approximate surface area is 144 Å². The number of carbonyl (C=O) groups is 1. The van der Waals surface area contributed by atoms with Crippen LogP contribution in [0.4, 0.5) is 0 Å². The van der Waals surface area contributed by atoms with E-state index in [4.69, 9.17) is 0 Å². The third-order valence-corrected chi connectivity index (χ3v) is 5.86. The molecule has 0 radical (unpaired) electrons. The van der Waals surface area contributed by atoms with Crippen LogP contribution in [0, 0.1) is 11.8 Å². The normalized spacial score (nSPS) is 34.1. The zero-order valence-electron chi connectivity index (χ0n) is 14.4. The van der Waals surface area contributed by atoms with Crippen molar-refractivity contribution in [2.24, 2.45) is 11.8 Å². The van der Waals surface area contributed by atoms with Gasteiger partial charge in [0, 0.05) is 19.0 Å². The summed E-state index contributed by atoms with van der Waals surface area (Å²) in [5, 5.41) is 14.3. The molecule has 1 saturated heterocycles. The Morgan fingerprint density at radius 1 is 1.25 bits per heavy atom. The minimum Gasteiger partial charge on any atom is -0.388 e. The smallest absolute Gasteiger partial charge is 0.223 e. The molecule has 0 bridgehead atoms. The quantitative estimate of drug-likeness (QED) is 0.873. The van der Waals surface area contributed by atoms with Crippen LogP contribution in [-0.2, 0) is 4.79 Å². The number of likely N-dealkylation sites (tertiary alicyclic amines) is 1. The predicted molar refractivity (Wildman–Crippen MR) is 93.4 cm³/mol. The lowest BCUT2D eigenvalue weighted by Gasteiger charge is -2.49. The van der Waals surface area contributed by atoms with E-state index in [1.807, 2.05) is 25.1 Å². The summed E-state index contributed by atoms with van der Waals surface area (Å²) in [4.78, 5) is 14.9. The molecule has 1 aromatic carbocycles. The van der Waals surface area contributed by atoms with Crippen LogP contribution in [0.3, 0.4) is 0 Å². The Morgan fingerprint density at radius 3 is 2.58 bits per heavy atom. The summed E-state index contributed by atoms with van der Waals surface area (Å²) in [5.74, 6) is 1.07. The van der Waals surface area contributed by atoms with Crippen molar-refractivity contribution in [3.05, 3.63) is 35.9 Å². The van der Waals surface area contributed by atoms with Gasteiger partial charge in [-0.3, -0.25) is 9.69 Å². The Balaban J connectivity index is 1.64. The van der Waals surface area contributed by atoms with Gasteiger partial charge in [0.1, 0.15) is 0 Å². The van der Waals surface area contributed by atoms with Crippen LogP contribution < -0.4 is 5.32 Å². The first-order valence-electron chi connectivity index (χ1n) is 9.36. The molecular formula is C20H28N2O2. The van der Waals surface area contributed by atoms with Gasteiger partial charge in [-0.15, -0.1) is 0 Å². The Bertz CT molecular complexity index is 593. The van der Waals surface area contributed by atoms with Crippen LogP contribution in [0.1, 0.15) is 50.6 Å². The summed E-state index contributed by atoms with van der Waals surface area (Å²) in [6.07, 6.45) is 5.31. The van der Waals surface area contributed by atoms with Crippen molar-refractivity contribution in [1.82, 2.24) is 10.2 Å². The van der Waals surface area contributed by atoms with Crippen molar-refractivity contribution < 1.29 is 9.90 Å². The van der Waals surface area contributed by atoms with Gasteiger partial charge in [0.05, 0.1) is 17.7 Å². The molecular weight excluding hydrogens is 300 g/mol. The maximum absolute atomic E-state index is 12.4. The van der Waals surface area contributed by atoms with Crippen molar-refractivity contribution in [3.63, 3.8) is 0 Å². The molecule has 2 N–H and O–H groups in total. The molecule has 2 saturated carbocycles. The molecule has 1 aromatic rings. The average Bonchev–Trinajstić information content (AvgIpc) is 3.45. The van der Waals surface area contributed by atoms with Crippen LogP contribution in [0.25, 0.3) is 0 Å². The average molecular weight is 328 g/mol. The number of nitrogens with one attached hydrogen (secondary N) is 1. The molecule has 4 heteroatoms. The highest BCUT2D eigenvalue weighted by molar-refractivity contribution is 5.81. The number of piperidine rings is 1. The van der Waals surface area contributed by atoms with Crippen LogP contribution in [0.15, 0.2) is 30.3 Å². The predicted octanol–water partition coefficient (Wildman–Crippen LogP) is 2.49. The molecule has 130 valence electrons. The summed E-state index contributed by atoms with van der Waals surface area (Å²) < 4.78 is 0. The molecule has 4 nitrogen and oxygen atoms in total. The molecule has 3 aliphatic rings. The molecule has 0 aromatic heterocycles. The van der Waals surface area contributed by atoms with Gasteiger partial charge in [0.15, 0.2) is 0 Å². The number of hydrogen-bond donors (Lipinski definition) is 2. The summed E-state index contributed by atoms with van der Waals surface area (Å²) in [6, 6.07) is 10.2. The first-order valence-corrected chi connectivity index (χ1v) is 9.36. The maximum Gasteiger partial charge on any atom is 0.223 e. The minimum atomic E-state index is -0.870. The number of benzene rings is 1. The van der Waals surface area contributed by atoms with Crippen molar-refractivity contribution in [1.29, 1.82) is 0 Å². The van der Waals surface area contributed by atoms with Crippen molar-refractivity contribution in [2.45, 2.75) is 56.7 Å². The number of aliphatic hydroxyl groups is 1. The van der Waals surface area contributed by atoms with E-state index in [2.05, 4.69) is 22.3 Å². The van der Waals surface area contributed by atoms with Gasteiger partial charge in [-0.2, -0.15) is 0 Å². The maximum atomic E-state index is 12.4. The van der Waals surface area contributed by atoms with Crippen molar-refractivity contribution >= 4 is 5.91 Å². The largest absolute Gasteiger partial charge is 0.388 e. The SMILES string of the molecule is C[C@@]1(O)CCN(CC2CC2)[C@@H](c2ccccc2)[C@@H]1NC(=O)C1CC1. The molecule has 3 fully saturated rings. The Hall–Kier alpha value is -1.39. The highest BCUT2D eigenvalue weighted by Gasteiger charge is 2.48. The second kappa shape index (κ2) is 6.16. The summed E-state index contributed by atoms with van der Waals surface area (Å²) >= 11 is 0. The van der Waals surface area contributed by atoms with Gasteiger partial charge in [0.25, 0.3) is 0 Å². The van der Waals surface area contributed by atoms with Crippen LogP contribution >= 0.6 is 0 Å². The molecule has 24 heavy (non-hydrogen) atoms. The summed E-state index contributed by atoms with van der Waals surface area (Å²) in [5.41, 5.74) is 0.324. The second-order valence-corrected chi connectivity index (χ2v) is 8.16. The monoisotopic (exact) mass is 328 g/mol. The third kappa shape index (κ3) is 3.35. The van der Waals surface area contributed by atoms with E-state index in [1.165, 1.54) is 18.4 Å². The number of rotatable bonds is 5. The standard InChI is InChI=1S/C20H28N2O2/c1-20(24)11-12-22(13-14-7-8-14)17(15-5-3-2-4-6-15)18(20)21-19(23)16-9-10-16/h2-6,14,16-18,24H,7-13H2,1H3,(H,21,23)/t17-,18-,20+/m0/s1. The van der Waals surface area contributed by atoms with E-state index < -0.39 is 5.60 Å². The van der Waals surface area contributed by atoms with E-state index in [-0.39, 0.29) is 23.9 Å². The molecule has 0 unspecified atom stereocenters. The number of carbonyl (C=O) groups excluding carboxylic acids is 1. The van der Waals surface area contributed by atoms with E-state index in [0.29, 0.717) is 6.42 Å². The fourth-order valence-corrected chi connectivity index (χ4v) is 3.96. The fourth-order valence-electron chi connectivity index (χ4n) is 3.96. The van der Waals surface area contributed by atoms with Crippen molar-refractivity contribution in [3.8, 4) is 0 Å². The van der Waals surface area contributed by atoms with Gasteiger partial charge >= 0.3 is 0 Å². The molecule has 1 aliphatic heterocycles. The van der Waals surface area contributed by atoms with Gasteiger partial charge in [-0.1, -0.05) is 30.3 Å². The lowest BCUT2D eigenvalue weighted by Crippen LogP contribution is -2.62. The zero-order valence-corrected chi connectivity index (χ0v) is 14.4. The van der Waals surface area contributed by atoms with Gasteiger partial charge < -0.3 is 10.4 Å². The van der Waals surface area contributed by atoms with E-state index in [1.54, 1.807) is 0 Å². The first kappa shape index (κ1) is 16.1.